The second kappa shape index (κ2) is 3.16. The predicted octanol–water partition coefficient (Wildman–Crippen LogP) is -0.0571. The van der Waals surface area contributed by atoms with Crippen LogP contribution in [0, 0.1) is 0 Å². The van der Waals surface area contributed by atoms with Crippen molar-refractivity contribution in [3.05, 3.63) is 12.7 Å². The van der Waals surface area contributed by atoms with Crippen LogP contribution in [0.5, 0.6) is 0 Å². The lowest BCUT2D eigenvalue weighted by Crippen LogP contribution is -2.13. The number of fused-ring (bicyclic) bond motifs is 1. The minimum absolute atomic E-state index is 0.435. The highest BCUT2D eigenvalue weighted by molar-refractivity contribution is 5.81. The van der Waals surface area contributed by atoms with E-state index < -0.39 is 0 Å². The number of hydrogen-bond donors (Lipinski definition) is 2. The van der Waals surface area contributed by atoms with Gasteiger partial charge < -0.3 is 15.6 Å². The van der Waals surface area contributed by atoms with Crippen LogP contribution >= 0.6 is 0 Å². The molecule has 3 rings (SSSR count). The molecule has 1 aliphatic heterocycles. The van der Waals surface area contributed by atoms with Gasteiger partial charge in [0.1, 0.15) is 11.8 Å². The number of aromatic nitrogens is 4. The number of nitrogens with zero attached hydrogens (tertiary/aromatic N) is 4. The summed E-state index contributed by atoms with van der Waals surface area (Å²) < 4.78 is 2.08. The van der Waals surface area contributed by atoms with Crippen LogP contribution in [-0.2, 0) is 0 Å². The van der Waals surface area contributed by atoms with Crippen LogP contribution in [0.4, 0.5) is 5.82 Å². The van der Waals surface area contributed by atoms with Crippen LogP contribution in [0.1, 0.15) is 12.5 Å². The monoisotopic (exact) mass is 204 g/mol. The van der Waals surface area contributed by atoms with Crippen molar-refractivity contribution in [2.45, 2.75) is 12.5 Å². The van der Waals surface area contributed by atoms with E-state index in [9.17, 15) is 0 Å². The van der Waals surface area contributed by atoms with E-state index in [1.165, 1.54) is 6.33 Å². The first-order valence-corrected chi connectivity index (χ1v) is 5.00. The highest BCUT2D eigenvalue weighted by atomic mass is 15.2. The standard InChI is InChI=1S/C9H12N6/c10-8-7-9(13-4-12-8)15(5-14-7)6-1-2-11-3-6/h4-6,11H,1-3H2,(H2,10,12,13)/t6-/m0/s1. The maximum atomic E-state index is 5.73. The number of anilines is 1. The fraction of sp³-hybridized carbons (Fsp3) is 0.444. The van der Waals surface area contributed by atoms with Crippen molar-refractivity contribution in [1.82, 2.24) is 24.8 Å². The number of nitrogens with two attached hydrogens (primary N) is 1. The number of rotatable bonds is 1. The first-order valence-electron chi connectivity index (χ1n) is 5.00. The zero-order valence-corrected chi connectivity index (χ0v) is 8.22. The molecule has 1 aliphatic rings. The van der Waals surface area contributed by atoms with Gasteiger partial charge in [0.2, 0.25) is 0 Å². The molecule has 0 bridgehead atoms. The molecule has 1 saturated heterocycles. The van der Waals surface area contributed by atoms with Crippen molar-refractivity contribution >= 4 is 17.0 Å². The number of nitrogen functional groups attached to an aromatic ring is 1. The molecule has 0 spiro atoms. The van der Waals surface area contributed by atoms with Crippen LogP contribution in [0.25, 0.3) is 11.2 Å². The van der Waals surface area contributed by atoms with Gasteiger partial charge in [-0.25, -0.2) is 15.0 Å². The molecule has 2 aromatic rings. The summed E-state index contributed by atoms with van der Waals surface area (Å²) in [6.07, 6.45) is 4.39. The zero-order valence-electron chi connectivity index (χ0n) is 8.22. The Hall–Kier alpha value is -1.69. The fourth-order valence-electron chi connectivity index (χ4n) is 2.01. The Balaban J connectivity index is 2.15. The van der Waals surface area contributed by atoms with Crippen LogP contribution in [-0.4, -0.2) is 32.6 Å². The summed E-state index contributed by atoms with van der Waals surface area (Å²) in [6, 6.07) is 0.435. The van der Waals surface area contributed by atoms with Gasteiger partial charge in [-0.05, 0) is 13.0 Å². The highest BCUT2D eigenvalue weighted by Gasteiger charge is 2.19. The summed E-state index contributed by atoms with van der Waals surface area (Å²) in [7, 11) is 0. The molecule has 0 saturated carbocycles. The van der Waals surface area contributed by atoms with Crippen LogP contribution in [0.15, 0.2) is 12.7 Å². The van der Waals surface area contributed by atoms with Gasteiger partial charge in [0.15, 0.2) is 11.5 Å². The number of imidazole rings is 1. The molecule has 0 aliphatic carbocycles. The van der Waals surface area contributed by atoms with Crippen molar-refractivity contribution in [3.63, 3.8) is 0 Å². The van der Waals surface area contributed by atoms with E-state index in [1.807, 2.05) is 0 Å². The normalized spacial score (nSPS) is 21.2. The maximum absolute atomic E-state index is 5.73. The molecule has 15 heavy (non-hydrogen) atoms. The van der Waals surface area contributed by atoms with E-state index in [4.69, 9.17) is 5.73 Å². The van der Waals surface area contributed by atoms with E-state index in [0.29, 0.717) is 17.4 Å². The van der Waals surface area contributed by atoms with Crippen molar-refractivity contribution in [3.8, 4) is 0 Å². The Morgan fingerprint density at radius 2 is 2.33 bits per heavy atom. The Bertz CT molecular complexity index is 484. The lowest BCUT2D eigenvalue weighted by atomic mass is 10.2. The van der Waals surface area contributed by atoms with Crippen molar-refractivity contribution in [1.29, 1.82) is 0 Å². The third-order valence-corrected chi connectivity index (χ3v) is 2.81. The molecule has 6 nitrogen and oxygen atoms in total. The Labute approximate surface area is 86.5 Å². The van der Waals surface area contributed by atoms with Crippen LogP contribution in [0.2, 0.25) is 0 Å². The Morgan fingerprint density at radius 1 is 1.40 bits per heavy atom. The first-order chi connectivity index (χ1) is 7.36. The third-order valence-electron chi connectivity index (χ3n) is 2.81. The van der Waals surface area contributed by atoms with E-state index in [-0.39, 0.29) is 0 Å². The van der Waals surface area contributed by atoms with Gasteiger partial charge in [0.05, 0.1) is 12.4 Å². The molecule has 3 N–H and O–H groups in total. The average Bonchev–Trinajstić information content (AvgIpc) is 2.85. The van der Waals surface area contributed by atoms with Crippen molar-refractivity contribution < 1.29 is 0 Å². The number of hydrogen-bond acceptors (Lipinski definition) is 5. The van der Waals surface area contributed by atoms with E-state index in [2.05, 4.69) is 24.8 Å². The second-order valence-corrected chi connectivity index (χ2v) is 3.73. The van der Waals surface area contributed by atoms with E-state index >= 15 is 0 Å². The molecule has 6 heteroatoms. The quantitative estimate of drug-likeness (QED) is 0.680. The van der Waals surface area contributed by atoms with Crippen LogP contribution < -0.4 is 11.1 Å². The lowest BCUT2D eigenvalue weighted by molar-refractivity contribution is 0.558. The molecule has 0 aromatic carbocycles. The first kappa shape index (κ1) is 8.60. The topological polar surface area (TPSA) is 81.7 Å². The molecule has 0 radical (unpaired) electrons. The molecular formula is C9H12N6. The van der Waals surface area contributed by atoms with Gasteiger partial charge in [-0.2, -0.15) is 0 Å². The molecule has 0 amide bonds. The lowest BCUT2D eigenvalue weighted by Gasteiger charge is -2.10. The fourth-order valence-corrected chi connectivity index (χ4v) is 2.01. The summed E-state index contributed by atoms with van der Waals surface area (Å²) in [5.41, 5.74) is 7.25. The molecule has 1 atom stereocenters. The number of nitrogens with one attached hydrogen (secondary N) is 1. The smallest absolute Gasteiger partial charge is 0.165 e. The molecule has 78 valence electrons. The van der Waals surface area contributed by atoms with Gasteiger partial charge >= 0.3 is 0 Å². The van der Waals surface area contributed by atoms with Gasteiger partial charge in [0, 0.05) is 6.54 Å². The SMILES string of the molecule is Nc1ncnc2c1ncn2[C@H]1CCNC1. The van der Waals surface area contributed by atoms with Gasteiger partial charge in [-0.3, -0.25) is 0 Å². The minimum atomic E-state index is 0.435. The molecular weight excluding hydrogens is 192 g/mol. The third kappa shape index (κ3) is 1.25. The summed E-state index contributed by atoms with van der Waals surface area (Å²) in [6.45, 7) is 2.01. The highest BCUT2D eigenvalue weighted by Crippen LogP contribution is 2.21. The van der Waals surface area contributed by atoms with Crippen molar-refractivity contribution in [2.75, 3.05) is 18.8 Å². The largest absolute Gasteiger partial charge is 0.382 e. The molecule has 3 heterocycles. The predicted molar refractivity (Wildman–Crippen MR) is 56.3 cm³/mol. The summed E-state index contributed by atoms with van der Waals surface area (Å²) in [5, 5.41) is 3.32. The second-order valence-electron chi connectivity index (χ2n) is 3.73. The van der Waals surface area contributed by atoms with Crippen LogP contribution in [0.3, 0.4) is 0 Å². The van der Waals surface area contributed by atoms with E-state index in [0.717, 1.165) is 25.2 Å². The van der Waals surface area contributed by atoms with E-state index in [1.54, 1.807) is 6.33 Å². The van der Waals surface area contributed by atoms with Gasteiger partial charge in [-0.1, -0.05) is 0 Å². The maximum Gasteiger partial charge on any atom is 0.165 e. The van der Waals surface area contributed by atoms with Gasteiger partial charge in [-0.15, -0.1) is 0 Å². The summed E-state index contributed by atoms with van der Waals surface area (Å²) >= 11 is 0. The minimum Gasteiger partial charge on any atom is -0.382 e. The molecule has 2 aromatic heterocycles. The Kier molecular flexibility index (Phi) is 1.81. The zero-order chi connectivity index (χ0) is 10.3. The average molecular weight is 204 g/mol. The summed E-state index contributed by atoms with van der Waals surface area (Å²) in [5.74, 6) is 0.449. The van der Waals surface area contributed by atoms with Gasteiger partial charge in [0.25, 0.3) is 0 Å². The molecule has 0 unspecified atom stereocenters. The summed E-state index contributed by atoms with van der Waals surface area (Å²) in [4.78, 5) is 12.4. The Morgan fingerprint density at radius 3 is 3.13 bits per heavy atom. The molecule has 1 fully saturated rings. The van der Waals surface area contributed by atoms with Crippen molar-refractivity contribution in [2.24, 2.45) is 0 Å².